The highest BCUT2D eigenvalue weighted by atomic mass is 16.5. The van der Waals surface area contributed by atoms with Crippen LogP contribution in [0.25, 0.3) is 10.9 Å². The first kappa shape index (κ1) is 21.6. The van der Waals surface area contributed by atoms with Gasteiger partial charge in [0, 0.05) is 46.6 Å². The minimum Gasteiger partial charge on any atom is -0.457 e. The van der Waals surface area contributed by atoms with E-state index >= 15 is 0 Å². The van der Waals surface area contributed by atoms with E-state index in [0.717, 1.165) is 22.3 Å². The number of nitriles is 1. The number of pyridine rings is 2. The second-order valence-corrected chi connectivity index (χ2v) is 7.67. The lowest BCUT2D eigenvalue weighted by Gasteiger charge is -2.12. The number of nitrogens with one attached hydrogen (secondary N) is 2. The predicted octanol–water partition coefficient (Wildman–Crippen LogP) is 6.29. The molecule has 0 saturated carbocycles. The minimum atomic E-state index is -0.234. The lowest BCUT2D eigenvalue weighted by Crippen LogP contribution is -2.12. The molecule has 1 amide bonds. The van der Waals surface area contributed by atoms with Crippen LogP contribution in [-0.2, 0) is 0 Å². The number of amides is 1. The maximum Gasteiger partial charge on any atom is 0.255 e. The molecule has 5 aromatic rings. The first-order chi connectivity index (χ1) is 17.2. The number of carbonyl (C=O) groups excluding carboxylic acids is 1. The van der Waals surface area contributed by atoms with Gasteiger partial charge in [0.2, 0.25) is 0 Å². The summed E-state index contributed by atoms with van der Waals surface area (Å²) in [5.74, 6) is 1.11. The van der Waals surface area contributed by atoms with Gasteiger partial charge in [-0.2, -0.15) is 5.26 Å². The summed E-state index contributed by atoms with van der Waals surface area (Å²) in [7, 11) is 0. The van der Waals surface area contributed by atoms with Gasteiger partial charge in [0.05, 0.1) is 17.1 Å². The fourth-order valence-electron chi connectivity index (χ4n) is 3.57. The number of nitrogens with zero attached hydrogens (tertiary/aromatic N) is 3. The molecule has 168 valence electrons. The van der Waals surface area contributed by atoms with Crippen LogP contribution in [-0.4, -0.2) is 15.9 Å². The van der Waals surface area contributed by atoms with Crippen LogP contribution in [0.3, 0.4) is 0 Å². The zero-order valence-corrected chi connectivity index (χ0v) is 18.5. The molecule has 0 radical (unpaired) electrons. The van der Waals surface area contributed by atoms with E-state index in [2.05, 4.69) is 26.7 Å². The second-order valence-electron chi connectivity index (χ2n) is 7.67. The Morgan fingerprint density at radius 1 is 0.829 bits per heavy atom. The van der Waals surface area contributed by atoms with Crippen LogP contribution < -0.4 is 15.4 Å². The quantitative estimate of drug-likeness (QED) is 0.311. The molecule has 0 unspecified atom stereocenters. The Kier molecular flexibility index (Phi) is 6.01. The van der Waals surface area contributed by atoms with Crippen molar-refractivity contribution in [3.8, 4) is 17.6 Å². The van der Waals surface area contributed by atoms with E-state index in [-0.39, 0.29) is 5.91 Å². The molecule has 35 heavy (non-hydrogen) atoms. The van der Waals surface area contributed by atoms with Crippen molar-refractivity contribution in [3.05, 3.63) is 115 Å². The SMILES string of the molecule is N#Cc1ccc2nccc(Nc3cccc(C(=O)Nc4ccc(Oc5ccncc5)cc4)c3)c2c1. The zero-order valence-electron chi connectivity index (χ0n) is 18.5. The lowest BCUT2D eigenvalue weighted by atomic mass is 10.1. The standard InChI is InChI=1S/C28H19N5O2/c29-18-19-4-9-26-25(16-19)27(12-15-31-26)32-22-3-1-2-20(17-22)28(34)33-21-5-7-23(8-6-21)35-24-10-13-30-14-11-24/h1-17H,(H,31,32)(H,33,34). The van der Waals surface area contributed by atoms with Crippen molar-refractivity contribution in [1.29, 1.82) is 5.26 Å². The smallest absolute Gasteiger partial charge is 0.255 e. The molecular weight excluding hydrogens is 438 g/mol. The van der Waals surface area contributed by atoms with Crippen molar-refractivity contribution in [3.63, 3.8) is 0 Å². The summed E-state index contributed by atoms with van der Waals surface area (Å²) in [4.78, 5) is 21.2. The summed E-state index contributed by atoms with van der Waals surface area (Å²) in [6, 6.07) is 27.2. The Hall–Kier alpha value is -5.22. The van der Waals surface area contributed by atoms with Crippen LogP contribution in [0, 0.1) is 11.3 Å². The molecule has 0 spiro atoms. The molecule has 7 nitrogen and oxygen atoms in total. The molecule has 3 aromatic carbocycles. The molecule has 0 aliphatic heterocycles. The normalized spacial score (nSPS) is 10.4. The Bertz CT molecular complexity index is 1540. The number of fused-ring (bicyclic) bond motifs is 1. The van der Waals surface area contributed by atoms with E-state index in [1.54, 1.807) is 79.3 Å². The molecule has 7 heteroatoms. The van der Waals surface area contributed by atoms with Gasteiger partial charge >= 0.3 is 0 Å². The van der Waals surface area contributed by atoms with Gasteiger partial charge < -0.3 is 15.4 Å². The van der Waals surface area contributed by atoms with Crippen LogP contribution in [0.1, 0.15) is 15.9 Å². The van der Waals surface area contributed by atoms with Crippen molar-refractivity contribution >= 4 is 33.9 Å². The largest absolute Gasteiger partial charge is 0.457 e. The van der Waals surface area contributed by atoms with Gasteiger partial charge in [-0.15, -0.1) is 0 Å². The highest BCUT2D eigenvalue weighted by molar-refractivity contribution is 6.05. The summed E-state index contributed by atoms with van der Waals surface area (Å²) in [6.45, 7) is 0. The highest BCUT2D eigenvalue weighted by Crippen LogP contribution is 2.27. The van der Waals surface area contributed by atoms with Gasteiger partial charge in [-0.1, -0.05) is 6.07 Å². The Balaban J connectivity index is 1.30. The number of ether oxygens (including phenoxy) is 1. The van der Waals surface area contributed by atoms with Gasteiger partial charge in [-0.05, 0) is 78.9 Å². The molecule has 0 aliphatic carbocycles. The van der Waals surface area contributed by atoms with Gasteiger partial charge in [0.1, 0.15) is 11.5 Å². The molecule has 0 aliphatic rings. The van der Waals surface area contributed by atoms with Crippen molar-refractivity contribution in [2.24, 2.45) is 0 Å². The fraction of sp³-hybridized carbons (Fsp3) is 0. The van der Waals surface area contributed by atoms with Crippen LogP contribution in [0.2, 0.25) is 0 Å². The first-order valence-electron chi connectivity index (χ1n) is 10.8. The average molecular weight is 457 g/mol. The van der Waals surface area contributed by atoms with Crippen LogP contribution in [0.5, 0.6) is 11.5 Å². The molecule has 2 N–H and O–H groups in total. The third-order valence-corrected chi connectivity index (χ3v) is 5.27. The third kappa shape index (κ3) is 5.07. The average Bonchev–Trinajstić information content (AvgIpc) is 2.90. The molecular formula is C28H19N5O2. The number of rotatable bonds is 6. The van der Waals surface area contributed by atoms with Crippen LogP contribution in [0.15, 0.2) is 104 Å². The van der Waals surface area contributed by atoms with E-state index in [4.69, 9.17) is 4.74 Å². The number of aromatic nitrogens is 2. The monoisotopic (exact) mass is 457 g/mol. The third-order valence-electron chi connectivity index (χ3n) is 5.27. The molecule has 0 atom stereocenters. The van der Waals surface area contributed by atoms with Gasteiger partial charge in [-0.3, -0.25) is 14.8 Å². The molecule has 5 rings (SSSR count). The van der Waals surface area contributed by atoms with Gasteiger partial charge in [0.25, 0.3) is 5.91 Å². The first-order valence-corrected chi connectivity index (χ1v) is 10.8. The Labute approximate surface area is 201 Å². The van der Waals surface area contributed by atoms with E-state index < -0.39 is 0 Å². The van der Waals surface area contributed by atoms with E-state index in [1.807, 2.05) is 24.3 Å². The maximum atomic E-state index is 12.9. The lowest BCUT2D eigenvalue weighted by molar-refractivity contribution is 0.102. The zero-order chi connectivity index (χ0) is 24.0. The maximum absolute atomic E-state index is 12.9. The molecule has 0 fully saturated rings. The summed E-state index contributed by atoms with van der Waals surface area (Å²) < 4.78 is 5.76. The van der Waals surface area contributed by atoms with Crippen molar-refractivity contribution in [2.45, 2.75) is 0 Å². The van der Waals surface area contributed by atoms with Crippen molar-refractivity contribution in [2.75, 3.05) is 10.6 Å². The van der Waals surface area contributed by atoms with Gasteiger partial charge in [0.15, 0.2) is 0 Å². The summed E-state index contributed by atoms with van der Waals surface area (Å²) in [5, 5.41) is 16.3. The highest BCUT2D eigenvalue weighted by Gasteiger charge is 2.09. The number of hydrogen-bond acceptors (Lipinski definition) is 6. The van der Waals surface area contributed by atoms with Crippen LogP contribution >= 0.6 is 0 Å². The van der Waals surface area contributed by atoms with Crippen molar-refractivity contribution in [1.82, 2.24) is 9.97 Å². The van der Waals surface area contributed by atoms with Gasteiger partial charge in [-0.25, -0.2) is 0 Å². The van der Waals surface area contributed by atoms with E-state index in [0.29, 0.717) is 28.3 Å². The Morgan fingerprint density at radius 3 is 2.43 bits per heavy atom. The topological polar surface area (TPSA) is 99.9 Å². The van der Waals surface area contributed by atoms with E-state index in [1.165, 1.54) is 0 Å². The second kappa shape index (κ2) is 9.73. The predicted molar refractivity (Wildman–Crippen MR) is 135 cm³/mol. The molecule has 2 aromatic heterocycles. The molecule has 2 heterocycles. The minimum absolute atomic E-state index is 0.234. The molecule has 0 saturated heterocycles. The number of hydrogen-bond donors (Lipinski definition) is 2. The van der Waals surface area contributed by atoms with Crippen molar-refractivity contribution < 1.29 is 9.53 Å². The molecule has 0 bridgehead atoms. The Morgan fingerprint density at radius 2 is 1.63 bits per heavy atom. The number of carbonyl (C=O) groups is 1. The fourth-order valence-corrected chi connectivity index (χ4v) is 3.57. The summed E-state index contributed by atoms with van der Waals surface area (Å²) in [5.41, 5.74) is 4.03. The van der Waals surface area contributed by atoms with E-state index in [9.17, 15) is 10.1 Å². The summed E-state index contributed by atoms with van der Waals surface area (Å²) >= 11 is 0. The summed E-state index contributed by atoms with van der Waals surface area (Å²) in [6.07, 6.45) is 5.02. The number of anilines is 3. The van der Waals surface area contributed by atoms with Crippen LogP contribution in [0.4, 0.5) is 17.1 Å². The number of benzene rings is 3.